The van der Waals surface area contributed by atoms with Crippen molar-refractivity contribution in [1.82, 2.24) is 15.2 Å². The Labute approximate surface area is 149 Å². The molecular weight excluding hydrogens is 332 g/mol. The normalized spacial score (nSPS) is 12.1. The number of ether oxygens (including phenoxy) is 2. The standard InChI is InChI=1S/C18H14N6O2/c19-10-12-2-1-3-13(8-12)22-18-23-17(11-20-24-18)21-14-4-5-15-16(9-14)26-7-6-25-15/h1-5,8-9,11H,6-7H2,(H2,21,22,23,24). The first-order chi connectivity index (χ1) is 12.8. The van der Waals surface area contributed by atoms with Crippen LogP contribution in [-0.2, 0) is 0 Å². The molecule has 8 heteroatoms. The summed E-state index contributed by atoms with van der Waals surface area (Å²) in [5.41, 5.74) is 2.06. The summed E-state index contributed by atoms with van der Waals surface area (Å²) in [5.74, 6) is 2.26. The fourth-order valence-corrected chi connectivity index (χ4v) is 2.48. The molecule has 1 aliphatic rings. The first-order valence-corrected chi connectivity index (χ1v) is 7.94. The van der Waals surface area contributed by atoms with Crippen LogP contribution >= 0.6 is 0 Å². The molecule has 0 spiro atoms. The summed E-state index contributed by atoms with van der Waals surface area (Å²) in [6.07, 6.45) is 1.52. The zero-order valence-corrected chi connectivity index (χ0v) is 13.6. The number of anilines is 4. The van der Waals surface area contributed by atoms with E-state index in [2.05, 4.69) is 31.9 Å². The molecule has 4 rings (SSSR count). The van der Waals surface area contributed by atoms with Gasteiger partial charge in [0.05, 0.1) is 17.8 Å². The second-order valence-corrected chi connectivity index (χ2v) is 5.47. The molecule has 1 aliphatic heterocycles. The number of benzene rings is 2. The van der Waals surface area contributed by atoms with E-state index in [0.717, 1.165) is 11.4 Å². The molecule has 8 nitrogen and oxygen atoms in total. The Hall–Kier alpha value is -3.86. The summed E-state index contributed by atoms with van der Waals surface area (Å²) in [6.45, 7) is 1.08. The van der Waals surface area contributed by atoms with E-state index in [1.807, 2.05) is 24.3 Å². The maximum atomic E-state index is 8.97. The van der Waals surface area contributed by atoms with E-state index >= 15 is 0 Å². The average molecular weight is 346 g/mol. The number of fused-ring (bicyclic) bond motifs is 1. The topological polar surface area (TPSA) is 105 Å². The smallest absolute Gasteiger partial charge is 0.249 e. The molecule has 0 atom stereocenters. The fourth-order valence-electron chi connectivity index (χ4n) is 2.48. The molecule has 2 N–H and O–H groups in total. The first kappa shape index (κ1) is 15.7. The van der Waals surface area contributed by atoms with Crippen molar-refractivity contribution >= 4 is 23.1 Å². The Morgan fingerprint density at radius 3 is 2.69 bits per heavy atom. The molecule has 1 aromatic heterocycles. The van der Waals surface area contributed by atoms with Gasteiger partial charge in [0.2, 0.25) is 5.95 Å². The van der Waals surface area contributed by atoms with Crippen LogP contribution in [0, 0.1) is 11.3 Å². The minimum atomic E-state index is 0.322. The number of hydrogen-bond acceptors (Lipinski definition) is 8. The highest BCUT2D eigenvalue weighted by Crippen LogP contribution is 2.33. The van der Waals surface area contributed by atoms with Gasteiger partial charge in [-0.3, -0.25) is 0 Å². The highest BCUT2D eigenvalue weighted by atomic mass is 16.6. The van der Waals surface area contributed by atoms with E-state index in [1.165, 1.54) is 6.20 Å². The Morgan fingerprint density at radius 1 is 0.962 bits per heavy atom. The number of hydrogen-bond donors (Lipinski definition) is 2. The second-order valence-electron chi connectivity index (χ2n) is 5.47. The van der Waals surface area contributed by atoms with Crippen molar-refractivity contribution in [1.29, 1.82) is 5.26 Å². The van der Waals surface area contributed by atoms with Gasteiger partial charge in [-0.15, -0.1) is 5.10 Å². The van der Waals surface area contributed by atoms with Crippen LogP contribution in [0.5, 0.6) is 11.5 Å². The third-order valence-electron chi connectivity index (χ3n) is 3.62. The van der Waals surface area contributed by atoms with Crippen molar-refractivity contribution in [3.63, 3.8) is 0 Å². The van der Waals surface area contributed by atoms with Gasteiger partial charge in [0.15, 0.2) is 17.3 Å². The van der Waals surface area contributed by atoms with Gasteiger partial charge in [-0.2, -0.15) is 15.3 Å². The van der Waals surface area contributed by atoms with Crippen molar-refractivity contribution in [3.05, 3.63) is 54.2 Å². The minimum absolute atomic E-state index is 0.322. The zero-order chi connectivity index (χ0) is 17.8. The zero-order valence-electron chi connectivity index (χ0n) is 13.6. The molecular formula is C18H14N6O2. The van der Waals surface area contributed by atoms with Crippen LogP contribution in [0.2, 0.25) is 0 Å². The van der Waals surface area contributed by atoms with Crippen molar-refractivity contribution in [2.45, 2.75) is 0 Å². The third kappa shape index (κ3) is 3.47. The fraction of sp³-hybridized carbons (Fsp3) is 0.111. The van der Waals surface area contributed by atoms with E-state index in [-0.39, 0.29) is 0 Å². The number of nitriles is 1. The van der Waals surface area contributed by atoms with Crippen LogP contribution in [0.3, 0.4) is 0 Å². The molecule has 3 aromatic rings. The summed E-state index contributed by atoms with van der Waals surface area (Å²) < 4.78 is 11.1. The quantitative estimate of drug-likeness (QED) is 0.743. The van der Waals surface area contributed by atoms with Gasteiger partial charge in [-0.1, -0.05) is 6.07 Å². The van der Waals surface area contributed by atoms with Crippen molar-refractivity contribution in [2.24, 2.45) is 0 Å². The highest BCUT2D eigenvalue weighted by Gasteiger charge is 2.12. The summed E-state index contributed by atoms with van der Waals surface area (Å²) in [7, 11) is 0. The molecule has 0 amide bonds. The van der Waals surface area contributed by atoms with Gasteiger partial charge in [0.25, 0.3) is 0 Å². The van der Waals surface area contributed by atoms with Gasteiger partial charge < -0.3 is 20.1 Å². The Balaban J connectivity index is 1.51. The van der Waals surface area contributed by atoms with Crippen LogP contribution in [0.4, 0.5) is 23.1 Å². The monoisotopic (exact) mass is 346 g/mol. The predicted molar refractivity (Wildman–Crippen MR) is 95.0 cm³/mol. The highest BCUT2D eigenvalue weighted by molar-refractivity contribution is 5.62. The number of rotatable bonds is 4. The van der Waals surface area contributed by atoms with E-state index < -0.39 is 0 Å². The lowest BCUT2D eigenvalue weighted by molar-refractivity contribution is 0.171. The second kappa shape index (κ2) is 6.94. The largest absolute Gasteiger partial charge is 0.486 e. The summed E-state index contributed by atoms with van der Waals surface area (Å²) >= 11 is 0. The predicted octanol–water partition coefficient (Wildman–Crippen LogP) is 3.00. The molecule has 0 bridgehead atoms. The van der Waals surface area contributed by atoms with Gasteiger partial charge in [-0.05, 0) is 30.3 Å². The molecule has 26 heavy (non-hydrogen) atoms. The van der Waals surface area contributed by atoms with Crippen molar-refractivity contribution < 1.29 is 9.47 Å². The first-order valence-electron chi connectivity index (χ1n) is 7.94. The summed E-state index contributed by atoms with van der Waals surface area (Å²) in [5, 5.41) is 23.1. The molecule has 0 radical (unpaired) electrons. The molecule has 0 saturated carbocycles. The van der Waals surface area contributed by atoms with E-state index in [4.69, 9.17) is 14.7 Å². The maximum absolute atomic E-state index is 8.97. The van der Waals surface area contributed by atoms with E-state index in [0.29, 0.717) is 42.0 Å². The SMILES string of the molecule is N#Cc1cccc(Nc2nncc(Nc3ccc4c(c3)OCCO4)n2)c1. The summed E-state index contributed by atoms with van der Waals surface area (Å²) in [6, 6.07) is 14.7. The number of aromatic nitrogens is 3. The minimum Gasteiger partial charge on any atom is -0.486 e. The maximum Gasteiger partial charge on any atom is 0.249 e. The molecule has 0 saturated heterocycles. The summed E-state index contributed by atoms with van der Waals surface area (Å²) in [4.78, 5) is 4.38. The lowest BCUT2D eigenvalue weighted by Gasteiger charge is -2.19. The van der Waals surface area contributed by atoms with Gasteiger partial charge >= 0.3 is 0 Å². The molecule has 2 aromatic carbocycles. The average Bonchev–Trinajstić information content (AvgIpc) is 2.68. The van der Waals surface area contributed by atoms with Crippen LogP contribution in [-0.4, -0.2) is 28.4 Å². The number of nitrogens with zero attached hydrogens (tertiary/aromatic N) is 4. The molecule has 128 valence electrons. The van der Waals surface area contributed by atoms with Crippen LogP contribution in [0.25, 0.3) is 0 Å². The van der Waals surface area contributed by atoms with E-state index in [9.17, 15) is 0 Å². The van der Waals surface area contributed by atoms with Crippen LogP contribution in [0.15, 0.2) is 48.7 Å². The van der Waals surface area contributed by atoms with Crippen molar-refractivity contribution in [2.75, 3.05) is 23.8 Å². The molecule has 0 fully saturated rings. The van der Waals surface area contributed by atoms with Crippen LogP contribution in [0.1, 0.15) is 5.56 Å². The molecule has 0 unspecified atom stereocenters. The Bertz CT molecular complexity index is 985. The van der Waals surface area contributed by atoms with Gasteiger partial charge in [-0.25, -0.2) is 0 Å². The molecule has 2 heterocycles. The van der Waals surface area contributed by atoms with E-state index in [1.54, 1.807) is 18.2 Å². The third-order valence-corrected chi connectivity index (χ3v) is 3.62. The van der Waals surface area contributed by atoms with Gasteiger partial charge in [0, 0.05) is 17.4 Å². The van der Waals surface area contributed by atoms with Gasteiger partial charge in [0.1, 0.15) is 13.2 Å². The van der Waals surface area contributed by atoms with Crippen molar-refractivity contribution in [3.8, 4) is 17.6 Å². The Kier molecular flexibility index (Phi) is 4.18. The lowest BCUT2D eigenvalue weighted by atomic mass is 10.2. The lowest BCUT2D eigenvalue weighted by Crippen LogP contribution is -2.15. The number of nitrogens with one attached hydrogen (secondary N) is 2. The molecule has 0 aliphatic carbocycles. The Morgan fingerprint density at radius 2 is 1.81 bits per heavy atom. The van der Waals surface area contributed by atoms with Crippen LogP contribution < -0.4 is 20.1 Å².